The zero-order valence-corrected chi connectivity index (χ0v) is 11.0. The number of aromatic nitrogens is 2. The largest absolute Gasteiger partial charge is 0.468 e. The fraction of sp³-hybridized carbons (Fsp3) is 0.286. The Kier molecular flexibility index (Phi) is 3.97. The van der Waals surface area contributed by atoms with Crippen molar-refractivity contribution < 1.29 is 9.53 Å². The summed E-state index contributed by atoms with van der Waals surface area (Å²) in [5.74, 6) is -0.392. The summed E-state index contributed by atoms with van der Waals surface area (Å²) in [5.41, 5.74) is 8.88. The molecular weight excluding hydrogens is 242 g/mol. The van der Waals surface area contributed by atoms with E-state index in [0.29, 0.717) is 6.42 Å². The summed E-state index contributed by atoms with van der Waals surface area (Å²) < 4.78 is 6.37. The van der Waals surface area contributed by atoms with Crippen LogP contribution < -0.4 is 5.73 Å². The van der Waals surface area contributed by atoms with Crippen LogP contribution in [0, 0.1) is 0 Å². The van der Waals surface area contributed by atoms with Crippen molar-refractivity contribution in [1.29, 1.82) is 0 Å². The van der Waals surface area contributed by atoms with Gasteiger partial charge in [-0.2, -0.15) is 5.10 Å². The number of rotatable bonds is 4. The molecule has 2 aromatic rings. The van der Waals surface area contributed by atoms with E-state index in [4.69, 9.17) is 5.73 Å². The molecule has 0 aliphatic carbocycles. The number of aryl methyl sites for hydroxylation is 1. The van der Waals surface area contributed by atoms with Crippen LogP contribution in [0.3, 0.4) is 0 Å². The molecule has 0 fully saturated rings. The normalized spacial score (nSPS) is 12.2. The van der Waals surface area contributed by atoms with Crippen LogP contribution in [-0.4, -0.2) is 28.9 Å². The number of carbonyl (C=O) groups excluding carboxylic acids is 1. The van der Waals surface area contributed by atoms with Crippen molar-refractivity contribution in [1.82, 2.24) is 9.78 Å². The fourth-order valence-electron chi connectivity index (χ4n) is 1.89. The summed E-state index contributed by atoms with van der Waals surface area (Å²) in [5, 5.41) is 4.13. The van der Waals surface area contributed by atoms with Gasteiger partial charge in [0.05, 0.1) is 13.3 Å². The maximum absolute atomic E-state index is 11.2. The van der Waals surface area contributed by atoms with Gasteiger partial charge in [-0.25, -0.2) is 0 Å². The monoisotopic (exact) mass is 259 g/mol. The molecule has 0 amide bonds. The number of esters is 1. The zero-order valence-electron chi connectivity index (χ0n) is 11.0. The predicted molar refractivity (Wildman–Crippen MR) is 72.3 cm³/mol. The van der Waals surface area contributed by atoms with Crippen LogP contribution in [0.25, 0.3) is 11.1 Å². The second-order valence-electron chi connectivity index (χ2n) is 4.43. The Hall–Kier alpha value is -2.14. The van der Waals surface area contributed by atoms with Gasteiger partial charge in [0.1, 0.15) is 6.04 Å². The minimum absolute atomic E-state index is 0.392. The molecule has 5 heteroatoms. The molecule has 100 valence electrons. The third-order valence-corrected chi connectivity index (χ3v) is 2.95. The molecule has 0 bridgehead atoms. The Morgan fingerprint density at radius 1 is 1.37 bits per heavy atom. The summed E-state index contributed by atoms with van der Waals surface area (Å²) in [7, 11) is 3.22. The summed E-state index contributed by atoms with van der Waals surface area (Å²) in [6.45, 7) is 0. The molecule has 1 aromatic carbocycles. The van der Waals surface area contributed by atoms with Gasteiger partial charge in [-0.1, -0.05) is 24.3 Å². The SMILES string of the molecule is COC(=O)C(N)Cc1ccc(-c2cnn(C)c2)cc1. The van der Waals surface area contributed by atoms with Gasteiger partial charge in [0.15, 0.2) is 0 Å². The highest BCUT2D eigenvalue weighted by molar-refractivity contribution is 5.75. The van der Waals surface area contributed by atoms with Gasteiger partial charge < -0.3 is 10.5 Å². The van der Waals surface area contributed by atoms with Gasteiger partial charge in [0, 0.05) is 18.8 Å². The first kappa shape index (κ1) is 13.3. The van der Waals surface area contributed by atoms with E-state index in [1.165, 1.54) is 7.11 Å². The highest BCUT2D eigenvalue weighted by Gasteiger charge is 2.14. The average Bonchev–Trinajstić information content (AvgIpc) is 2.85. The molecule has 2 N–H and O–H groups in total. The van der Waals surface area contributed by atoms with Crippen LogP contribution in [0.2, 0.25) is 0 Å². The number of hydrogen-bond donors (Lipinski definition) is 1. The topological polar surface area (TPSA) is 70.1 Å². The number of methoxy groups -OCH3 is 1. The summed E-state index contributed by atoms with van der Waals surface area (Å²) in [6.07, 6.45) is 4.24. The molecular formula is C14H17N3O2. The highest BCUT2D eigenvalue weighted by Crippen LogP contribution is 2.19. The fourth-order valence-corrected chi connectivity index (χ4v) is 1.89. The van der Waals surface area contributed by atoms with Gasteiger partial charge in [-0.3, -0.25) is 9.48 Å². The molecule has 5 nitrogen and oxygen atoms in total. The number of hydrogen-bond acceptors (Lipinski definition) is 4. The molecule has 1 unspecified atom stereocenters. The van der Waals surface area contributed by atoms with Crippen molar-refractivity contribution in [3.05, 3.63) is 42.2 Å². The second kappa shape index (κ2) is 5.67. The Balaban J connectivity index is 2.08. The van der Waals surface area contributed by atoms with Gasteiger partial charge in [0.2, 0.25) is 0 Å². The highest BCUT2D eigenvalue weighted by atomic mass is 16.5. The van der Waals surface area contributed by atoms with Gasteiger partial charge in [-0.15, -0.1) is 0 Å². The van der Waals surface area contributed by atoms with E-state index in [-0.39, 0.29) is 0 Å². The molecule has 0 saturated carbocycles. The van der Waals surface area contributed by atoms with Crippen LogP contribution in [0.15, 0.2) is 36.7 Å². The number of ether oxygens (including phenoxy) is 1. The molecule has 1 heterocycles. The molecule has 1 atom stereocenters. The van der Waals surface area contributed by atoms with Crippen LogP contribution >= 0.6 is 0 Å². The summed E-state index contributed by atoms with van der Waals surface area (Å²) in [4.78, 5) is 11.2. The lowest BCUT2D eigenvalue weighted by atomic mass is 10.0. The zero-order chi connectivity index (χ0) is 13.8. The van der Waals surface area contributed by atoms with E-state index in [9.17, 15) is 4.79 Å². The Labute approximate surface area is 112 Å². The van der Waals surface area contributed by atoms with Crippen LogP contribution in [-0.2, 0) is 23.0 Å². The third-order valence-electron chi connectivity index (χ3n) is 2.95. The number of nitrogens with zero attached hydrogens (tertiary/aromatic N) is 2. The Morgan fingerprint density at radius 3 is 2.58 bits per heavy atom. The lowest BCUT2D eigenvalue weighted by Gasteiger charge is -2.09. The van der Waals surface area contributed by atoms with Crippen molar-refractivity contribution in [3.8, 4) is 11.1 Å². The van der Waals surface area contributed by atoms with Gasteiger partial charge in [-0.05, 0) is 17.5 Å². The molecule has 0 aliphatic rings. The minimum Gasteiger partial charge on any atom is -0.468 e. The van der Waals surface area contributed by atoms with Crippen molar-refractivity contribution in [2.75, 3.05) is 7.11 Å². The molecule has 0 aliphatic heterocycles. The third kappa shape index (κ3) is 3.20. The first-order valence-corrected chi connectivity index (χ1v) is 6.01. The van der Waals surface area contributed by atoms with E-state index < -0.39 is 12.0 Å². The van der Waals surface area contributed by atoms with E-state index >= 15 is 0 Å². The van der Waals surface area contributed by atoms with Crippen molar-refractivity contribution in [2.45, 2.75) is 12.5 Å². The van der Waals surface area contributed by atoms with Crippen LogP contribution in [0.5, 0.6) is 0 Å². The summed E-state index contributed by atoms with van der Waals surface area (Å²) in [6, 6.07) is 7.30. The lowest BCUT2D eigenvalue weighted by Crippen LogP contribution is -2.33. The number of nitrogens with two attached hydrogens (primary N) is 1. The van der Waals surface area contributed by atoms with E-state index in [1.807, 2.05) is 43.7 Å². The quantitative estimate of drug-likeness (QED) is 0.836. The van der Waals surface area contributed by atoms with Gasteiger partial charge >= 0.3 is 5.97 Å². The average molecular weight is 259 g/mol. The molecule has 19 heavy (non-hydrogen) atoms. The van der Waals surface area contributed by atoms with E-state index in [0.717, 1.165) is 16.7 Å². The molecule has 0 spiro atoms. The molecule has 0 saturated heterocycles. The maximum Gasteiger partial charge on any atom is 0.322 e. The number of benzene rings is 1. The van der Waals surface area contributed by atoms with E-state index in [1.54, 1.807) is 4.68 Å². The predicted octanol–water partition coefficient (Wildman–Crippen LogP) is 1.13. The Bertz CT molecular complexity index is 560. The maximum atomic E-state index is 11.2. The van der Waals surface area contributed by atoms with Crippen molar-refractivity contribution in [3.63, 3.8) is 0 Å². The number of carbonyl (C=O) groups is 1. The molecule has 0 radical (unpaired) electrons. The van der Waals surface area contributed by atoms with E-state index in [2.05, 4.69) is 9.84 Å². The Morgan fingerprint density at radius 2 is 2.05 bits per heavy atom. The van der Waals surface area contributed by atoms with Gasteiger partial charge in [0.25, 0.3) is 0 Å². The molecule has 1 aromatic heterocycles. The van der Waals surface area contributed by atoms with Crippen LogP contribution in [0.1, 0.15) is 5.56 Å². The summed E-state index contributed by atoms with van der Waals surface area (Å²) >= 11 is 0. The van der Waals surface area contributed by atoms with Crippen molar-refractivity contribution in [2.24, 2.45) is 12.8 Å². The standard InChI is InChI=1S/C14H17N3O2/c1-17-9-12(8-16-17)11-5-3-10(4-6-11)7-13(15)14(18)19-2/h3-6,8-9,13H,7,15H2,1-2H3. The smallest absolute Gasteiger partial charge is 0.322 e. The second-order valence-corrected chi connectivity index (χ2v) is 4.43. The van der Waals surface area contributed by atoms with Crippen molar-refractivity contribution >= 4 is 5.97 Å². The first-order chi connectivity index (χ1) is 9.10. The lowest BCUT2D eigenvalue weighted by molar-refractivity contribution is -0.142. The molecule has 2 rings (SSSR count). The first-order valence-electron chi connectivity index (χ1n) is 6.01. The minimum atomic E-state index is -0.616. The van der Waals surface area contributed by atoms with Crippen LogP contribution in [0.4, 0.5) is 0 Å².